The van der Waals surface area contributed by atoms with E-state index < -0.39 is 11.4 Å². The molecule has 2 heterocycles. The molecule has 0 bridgehead atoms. The quantitative estimate of drug-likeness (QED) is 0.312. The summed E-state index contributed by atoms with van der Waals surface area (Å²) in [6.45, 7) is 2.75. The summed E-state index contributed by atoms with van der Waals surface area (Å²) >= 11 is 6.51. The topological polar surface area (TPSA) is 62.7 Å². The number of piperidine rings is 1. The number of hydrogen-bond donors (Lipinski definition) is 1. The molecule has 6 heteroatoms. The van der Waals surface area contributed by atoms with Crippen molar-refractivity contribution in [2.45, 2.75) is 51.4 Å². The molecule has 0 radical (unpaired) electrons. The molecule has 1 fully saturated rings. The number of carboxylic acid groups (broad SMARTS) is 1. The maximum absolute atomic E-state index is 12.3. The second-order valence-corrected chi connectivity index (χ2v) is 10.1. The van der Waals surface area contributed by atoms with Crippen LogP contribution in [0.15, 0.2) is 54.7 Å². The number of halogens is 1. The lowest BCUT2D eigenvalue weighted by Gasteiger charge is -2.39. The lowest BCUT2D eigenvalue weighted by molar-refractivity contribution is -0.152. The number of ether oxygens (including phenoxy) is 1. The molecule has 2 aromatic carbocycles. The zero-order valence-electron chi connectivity index (χ0n) is 20.5. The van der Waals surface area contributed by atoms with Gasteiger partial charge in [0.2, 0.25) is 0 Å². The van der Waals surface area contributed by atoms with Gasteiger partial charge in [-0.3, -0.25) is 9.78 Å². The maximum Gasteiger partial charge on any atom is 0.309 e. The Morgan fingerprint density at radius 2 is 1.86 bits per heavy atom. The average Bonchev–Trinajstić information content (AvgIpc) is 2.89. The molecule has 1 aliphatic rings. The van der Waals surface area contributed by atoms with E-state index in [1.54, 1.807) is 13.3 Å². The van der Waals surface area contributed by atoms with Crippen molar-refractivity contribution in [1.82, 2.24) is 9.88 Å². The first-order valence-corrected chi connectivity index (χ1v) is 13.0. The van der Waals surface area contributed by atoms with Crippen LogP contribution < -0.4 is 4.74 Å². The number of benzene rings is 2. The summed E-state index contributed by atoms with van der Waals surface area (Å²) in [5.74, 6) is 0.106. The van der Waals surface area contributed by atoms with E-state index >= 15 is 0 Å². The zero-order chi connectivity index (χ0) is 24.7. The van der Waals surface area contributed by atoms with Crippen molar-refractivity contribution < 1.29 is 14.6 Å². The van der Waals surface area contributed by atoms with Gasteiger partial charge in [-0.25, -0.2) is 0 Å². The van der Waals surface area contributed by atoms with E-state index in [9.17, 15) is 9.90 Å². The van der Waals surface area contributed by atoms with E-state index in [0.717, 1.165) is 74.0 Å². The van der Waals surface area contributed by atoms with Crippen LogP contribution in [0.1, 0.15) is 49.7 Å². The molecule has 0 aliphatic carbocycles. The number of hydrogen-bond acceptors (Lipinski definition) is 4. The molecule has 5 nitrogen and oxygen atoms in total. The summed E-state index contributed by atoms with van der Waals surface area (Å²) < 4.78 is 5.38. The van der Waals surface area contributed by atoms with Crippen molar-refractivity contribution in [2.75, 3.05) is 26.7 Å². The Kier molecular flexibility index (Phi) is 8.64. The number of likely N-dealkylation sites (tertiary alicyclic amines) is 1. The van der Waals surface area contributed by atoms with Gasteiger partial charge >= 0.3 is 5.97 Å². The largest absolute Gasteiger partial charge is 0.497 e. The molecule has 0 spiro atoms. The number of nitrogens with zero attached hydrogens (tertiary/aromatic N) is 2. The standard InChI is InChI=1S/C29H35ClN2O3/c1-35-23-12-13-27-25(20-23)24(26(30)21-31-27)11-7-14-29(28(33)34)15-18-32(19-16-29)17-6-5-10-22-8-3-2-4-9-22/h2-4,8-9,12-13,20-21H,5-7,10-11,14-19H2,1H3,(H,33,34). The van der Waals surface area contributed by atoms with Crippen molar-refractivity contribution in [2.24, 2.45) is 5.41 Å². The molecular weight excluding hydrogens is 460 g/mol. The van der Waals surface area contributed by atoms with Gasteiger partial charge in [-0.2, -0.15) is 0 Å². The third kappa shape index (κ3) is 6.33. The van der Waals surface area contributed by atoms with Crippen molar-refractivity contribution >= 4 is 28.5 Å². The number of rotatable bonds is 11. The summed E-state index contributed by atoms with van der Waals surface area (Å²) in [7, 11) is 1.64. The highest BCUT2D eigenvalue weighted by Gasteiger charge is 2.40. The van der Waals surface area contributed by atoms with Crippen LogP contribution in [0, 0.1) is 5.41 Å². The lowest BCUT2D eigenvalue weighted by atomic mass is 9.74. The minimum Gasteiger partial charge on any atom is -0.497 e. The van der Waals surface area contributed by atoms with Gasteiger partial charge in [0, 0.05) is 11.6 Å². The normalized spacial score (nSPS) is 15.8. The molecule has 0 saturated carbocycles. The predicted molar refractivity (Wildman–Crippen MR) is 141 cm³/mol. The Bertz CT molecular complexity index is 1130. The van der Waals surface area contributed by atoms with Crippen LogP contribution in [0.4, 0.5) is 0 Å². The molecule has 0 unspecified atom stereocenters. The van der Waals surface area contributed by atoms with E-state index in [4.69, 9.17) is 16.3 Å². The lowest BCUT2D eigenvalue weighted by Crippen LogP contribution is -2.44. The van der Waals surface area contributed by atoms with Crippen LogP contribution in [0.25, 0.3) is 10.9 Å². The van der Waals surface area contributed by atoms with Crippen LogP contribution in [0.5, 0.6) is 5.75 Å². The number of aromatic nitrogens is 1. The zero-order valence-corrected chi connectivity index (χ0v) is 21.3. The summed E-state index contributed by atoms with van der Waals surface area (Å²) in [6, 6.07) is 16.4. The van der Waals surface area contributed by atoms with E-state index in [-0.39, 0.29) is 0 Å². The summed E-state index contributed by atoms with van der Waals surface area (Å²) in [4.78, 5) is 19.2. The Hall–Kier alpha value is -2.63. The molecular formula is C29H35ClN2O3. The van der Waals surface area contributed by atoms with Crippen LogP contribution in [-0.4, -0.2) is 47.7 Å². The van der Waals surface area contributed by atoms with Crippen molar-refractivity contribution in [3.05, 3.63) is 70.9 Å². The third-order valence-electron chi connectivity index (χ3n) is 7.52. The first kappa shape index (κ1) is 25.5. The van der Waals surface area contributed by atoms with Gasteiger partial charge in [-0.15, -0.1) is 0 Å². The Labute approximate surface area is 213 Å². The Morgan fingerprint density at radius 3 is 2.57 bits per heavy atom. The second kappa shape index (κ2) is 11.9. The van der Waals surface area contributed by atoms with Gasteiger partial charge in [-0.1, -0.05) is 41.9 Å². The second-order valence-electron chi connectivity index (χ2n) is 9.69. The summed E-state index contributed by atoms with van der Waals surface area (Å²) in [5, 5.41) is 11.7. The fraction of sp³-hybridized carbons (Fsp3) is 0.448. The minimum atomic E-state index is -0.659. The van der Waals surface area contributed by atoms with E-state index in [1.165, 1.54) is 5.56 Å². The minimum absolute atomic E-state index is 0.625. The predicted octanol–water partition coefficient (Wildman–Crippen LogP) is 6.41. The van der Waals surface area contributed by atoms with Gasteiger partial charge < -0.3 is 14.7 Å². The number of unbranched alkanes of at least 4 members (excludes halogenated alkanes) is 1. The molecule has 1 aromatic heterocycles. The highest BCUT2D eigenvalue weighted by Crippen LogP contribution is 2.38. The molecule has 4 rings (SSSR count). The van der Waals surface area contributed by atoms with Crippen molar-refractivity contribution in [3.63, 3.8) is 0 Å². The highest BCUT2D eigenvalue weighted by atomic mass is 35.5. The first-order chi connectivity index (χ1) is 17.0. The van der Waals surface area contributed by atoms with Crippen LogP contribution >= 0.6 is 11.6 Å². The SMILES string of the molecule is COc1ccc2ncc(Cl)c(CCCC3(C(=O)O)CCN(CCCCc4ccccc4)CC3)c2c1. The highest BCUT2D eigenvalue weighted by molar-refractivity contribution is 6.32. The molecule has 1 saturated heterocycles. The number of pyridine rings is 1. The van der Waals surface area contributed by atoms with Crippen LogP contribution in [0.3, 0.4) is 0 Å². The summed E-state index contributed by atoms with van der Waals surface area (Å²) in [5.41, 5.74) is 2.63. The van der Waals surface area contributed by atoms with E-state index in [2.05, 4.69) is 40.2 Å². The van der Waals surface area contributed by atoms with Gasteiger partial charge in [-0.05, 0) is 100 Å². The molecule has 3 aromatic rings. The van der Waals surface area contributed by atoms with Crippen molar-refractivity contribution in [3.8, 4) is 5.75 Å². The van der Waals surface area contributed by atoms with Gasteiger partial charge in [0.05, 0.1) is 23.1 Å². The smallest absolute Gasteiger partial charge is 0.309 e. The maximum atomic E-state index is 12.3. The fourth-order valence-corrected chi connectivity index (χ4v) is 5.52. The fourth-order valence-electron chi connectivity index (χ4n) is 5.27. The van der Waals surface area contributed by atoms with Crippen LogP contribution in [0.2, 0.25) is 5.02 Å². The molecule has 0 atom stereocenters. The molecule has 35 heavy (non-hydrogen) atoms. The third-order valence-corrected chi connectivity index (χ3v) is 7.84. The first-order valence-electron chi connectivity index (χ1n) is 12.6. The van der Waals surface area contributed by atoms with Gasteiger partial charge in [0.15, 0.2) is 0 Å². The monoisotopic (exact) mass is 494 g/mol. The number of aliphatic carboxylic acids is 1. The molecule has 186 valence electrons. The summed E-state index contributed by atoms with van der Waals surface area (Å²) in [6.07, 6.45) is 8.68. The van der Waals surface area contributed by atoms with Gasteiger partial charge in [0.25, 0.3) is 0 Å². The van der Waals surface area contributed by atoms with E-state index in [0.29, 0.717) is 24.3 Å². The molecule has 0 amide bonds. The number of aryl methyl sites for hydroxylation is 2. The van der Waals surface area contributed by atoms with E-state index in [1.807, 2.05) is 18.2 Å². The Morgan fingerprint density at radius 1 is 1.09 bits per heavy atom. The number of carboxylic acids is 1. The number of fused-ring (bicyclic) bond motifs is 1. The molecule has 1 N–H and O–H groups in total. The Balaban J connectivity index is 1.30. The molecule has 1 aliphatic heterocycles. The van der Waals surface area contributed by atoms with Crippen molar-refractivity contribution in [1.29, 1.82) is 0 Å². The number of methoxy groups -OCH3 is 1. The van der Waals surface area contributed by atoms with Crippen LogP contribution in [-0.2, 0) is 17.6 Å². The number of carbonyl (C=O) groups is 1. The average molecular weight is 495 g/mol. The van der Waals surface area contributed by atoms with Gasteiger partial charge in [0.1, 0.15) is 5.75 Å².